The second-order valence-corrected chi connectivity index (χ2v) is 5.23. The predicted octanol–water partition coefficient (Wildman–Crippen LogP) is 1.48. The smallest absolute Gasteiger partial charge is 0.348 e. The van der Waals surface area contributed by atoms with Crippen molar-refractivity contribution < 1.29 is 23.7 Å². The van der Waals surface area contributed by atoms with Crippen molar-refractivity contribution in [1.82, 2.24) is 0 Å². The van der Waals surface area contributed by atoms with Crippen molar-refractivity contribution in [2.24, 2.45) is 0 Å². The number of esters is 1. The van der Waals surface area contributed by atoms with Gasteiger partial charge in [0.1, 0.15) is 11.5 Å². The number of aryl methyl sites for hydroxylation is 1. The Labute approximate surface area is 122 Å². The maximum Gasteiger partial charge on any atom is 0.348 e. The third kappa shape index (κ3) is 6.33. The van der Waals surface area contributed by atoms with E-state index in [0.29, 0.717) is 43.6 Å². The van der Waals surface area contributed by atoms with Crippen LogP contribution in [0, 0.1) is 6.92 Å². The summed E-state index contributed by atoms with van der Waals surface area (Å²) in [5, 5.41) is 0. The molecule has 6 nitrogen and oxygen atoms in total. The zero-order valence-corrected chi connectivity index (χ0v) is 12.7. The zero-order chi connectivity index (χ0) is 14.8. The molecule has 0 unspecified atom stereocenters. The lowest BCUT2D eigenvalue weighted by molar-refractivity contribution is 0.00588. The summed E-state index contributed by atoms with van der Waals surface area (Å²) in [6.07, 6.45) is 0. The van der Waals surface area contributed by atoms with Gasteiger partial charge < -0.3 is 24.7 Å². The molecule has 0 aliphatic carbocycles. The van der Waals surface area contributed by atoms with E-state index in [1.807, 2.05) is 6.92 Å². The monoisotopic (exact) mass is 303 g/mol. The SMILES string of the molecule is COCCOCCOCCOC(=O)c1cc(N)c(C)s1. The van der Waals surface area contributed by atoms with E-state index in [-0.39, 0.29) is 12.6 Å². The molecule has 0 aliphatic rings. The summed E-state index contributed by atoms with van der Waals surface area (Å²) in [7, 11) is 1.62. The maximum atomic E-state index is 11.7. The summed E-state index contributed by atoms with van der Waals surface area (Å²) >= 11 is 1.33. The number of hydrogen-bond donors (Lipinski definition) is 1. The van der Waals surface area contributed by atoms with Crippen LogP contribution in [0.4, 0.5) is 5.69 Å². The fraction of sp³-hybridized carbons (Fsp3) is 0.615. The van der Waals surface area contributed by atoms with Crippen LogP contribution in [0.5, 0.6) is 0 Å². The Morgan fingerprint density at radius 1 is 1.15 bits per heavy atom. The van der Waals surface area contributed by atoms with Gasteiger partial charge in [-0.25, -0.2) is 4.79 Å². The fourth-order valence-corrected chi connectivity index (χ4v) is 2.16. The summed E-state index contributed by atoms with van der Waals surface area (Å²) < 4.78 is 20.4. The molecule has 0 radical (unpaired) electrons. The van der Waals surface area contributed by atoms with Crippen molar-refractivity contribution in [3.63, 3.8) is 0 Å². The van der Waals surface area contributed by atoms with Gasteiger partial charge >= 0.3 is 5.97 Å². The molecule has 0 bridgehead atoms. The van der Waals surface area contributed by atoms with E-state index in [9.17, 15) is 4.79 Å². The number of nitrogen functional groups attached to an aromatic ring is 1. The van der Waals surface area contributed by atoms with Crippen molar-refractivity contribution in [1.29, 1.82) is 0 Å². The molecular formula is C13H21NO5S. The lowest BCUT2D eigenvalue weighted by Gasteiger charge is -2.06. The number of carbonyl (C=O) groups excluding carboxylic acids is 1. The molecule has 114 valence electrons. The molecule has 0 amide bonds. The minimum atomic E-state index is -0.366. The Balaban J connectivity index is 2.02. The highest BCUT2D eigenvalue weighted by Gasteiger charge is 2.11. The lowest BCUT2D eigenvalue weighted by Crippen LogP contribution is -2.13. The molecule has 0 aliphatic heterocycles. The number of rotatable bonds is 10. The van der Waals surface area contributed by atoms with Crippen LogP contribution in [0.15, 0.2) is 6.07 Å². The van der Waals surface area contributed by atoms with E-state index >= 15 is 0 Å². The highest BCUT2D eigenvalue weighted by atomic mass is 32.1. The van der Waals surface area contributed by atoms with Crippen LogP contribution < -0.4 is 5.73 Å². The van der Waals surface area contributed by atoms with Crippen LogP contribution in [0.3, 0.4) is 0 Å². The number of methoxy groups -OCH3 is 1. The molecule has 0 atom stereocenters. The molecule has 7 heteroatoms. The lowest BCUT2D eigenvalue weighted by atomic mass is 10.4. The van der Waals surface area contributed by atoms with Crippen LogP contribution >= 0.6 is 11.3 Å². The second kappa shape index (κ2) is 9.71. The van der Waals surface area contributed by atoms with Crippen molar-refractivity contribution in [2.45, 2.75) is 6.92 Å². The Morgan fingerprint density at radius 2 is 1.75 bits per heavy atom. The van der Waals surface area contributed by atoms with Crippen LogP contribution in [0.25, 0.3) is 0 Å². The van der Waals surface area contributed by atoms with Gasteiger partial charge in [0.25, 0.3) is 0 Å². The number of nitrogens with two attached hydrogens (primary N) is 1. The first kappa shape index (κ1) is 16.9. The van der Waals surface area contributed by atoms with E-state index in [2.05, 4.69) is 0 Å². The Bertz CT molecular complexity index is 388. The molecule has 1 aromatic heterocycles. The topological polar surface area (TPSA) is 80.0 Å². The van der Waals surface area contributed by atoms with E-state index in [4.69, 9.17) is 24.7 Å². The number of anilines is 1. The first-order valence-corrected chi connectivity index (χ1v) is 7.14. The Kier molecular flexibility index (Phi) is 8.20. The van der Waals surface area contributed by atoms with E-state index in [0.717, 1.165) is 4.88 Å². The number of ether oxygens (including phenoxy) is 4. The minimum absolute atomic E-state index is 0.216. The van der Waals surface area contributed by atoms with Crippen molar-refractivity contribution in [3.05, 3.63) is 15.8 Å². The molecule has 20 heavy (non-hydrogen) atoms. The maximum absolute atomic E-state index is 11.7. The summed E-state index contributed by atoms with van der Waals surface area (Å²) in [5.41, 5.74) is 6.29. The van der Waals surface area contributed by atoms with Gasteiger partial charge in [0, 0.05) is 17.7 Å². The molecule has 0 spiro atoms. The number of thiophene rings is 1. The molecule has 2 N–H and O–H groups in total. The van der Waals surface area contributed by atoms with Crippen molar-refractivity contribution >= 4 is 23.0 Å². The van der Waals surface area contributed by atoms with Crippen molar-refractivity contribution in [3.8, 4) is 0 Å². The van der Waals surface area contributed by atoms with Gasteiger partial charge in [0.05, 0.1) is 33.0 Å². The molecular weight excluding hydrogens is 282 g/mol. The summed E-state index contributed by atoms with van der Waals surface area (Å²) in [5.74, 6) is -0.366. The van der Waals surface area contributed by atoms with Crippen molar-refractivity contribution in [2.75, 3.05) is 52.5 Å². The molecule has 0 fully saturated rings. The number of carbonyl (C=O) groups is 1. The Hall–Kier alpha value is -1.15. The van der Waals surface area contributed by atoms with Crippen LogP contribution in [-0.4, -0.2) is 52.7 Å². The van der Waals surface area contributed by atoms with Crippen LogP contribution in [0.2, 0.25) is 0 Å². The third-order valence-corrected chi connectivity index (χ3v) is 3.47. The quantitative estimate of drug-likeness (QED) is 0.521. The fourth-order valence-electron chi connectivity index (χ4n) is 1.33. The van der Waals surface area contributed by atoms with Gasteiger partial charge in [0.15, 0.2) is 0 Å². The first-order chi connectivity index (χ1) is 9.65. The van der Waals surface area contributed by atoms with Crippen LogP contribution in [0.1, 0.15) is 14.5 Å². The first-order valence-electron chi connectivity index (χ1n) is 6.32. The molecule has 0 saturated heterocycles. The summed E-state index contributed by atoms with van der Waals surface area (Å²) in [6, 6.07) is 1.63. The largest absolute Gasteiger partial charge is 0.459 e. The molecule has 1 rings (SSSR count). The highest BCUT2D eigenvalue weighted by Crippen LogP contribution is 2.23. The van der Waals surface area contributed by atoms with Crippen LogP contribution in [-0.2, 0) is 18.9 Å². The molecule has 1 heterocycles. The van der Waals surface area contributed by atoms with Gasteiger partial charge in [0.2, 0.25) is 0 Å². The molecule has 0 aromatic carbocycles. The zero-order valence-electron chi connectivity index (χ0n) is 11.8. The standard InChI is InChI=1S/C13H21NO5S/c1-10-11(14)9-12(20-10)13(15)19-8-7-18-6-5-17-4-3-16-2/h9H,3-8,14H2,1-2H3. The Morgan fingerprint density at radius 3 is 2.30 bits per heavy atom. The summed E-state index contributed by atoms with van der Waals surface area (Å²) in [6.45, 7) is 4.51. The van der Waals surface area contributed by atoms with Gasteiger partial charge in [-0.15, -0.1) is 11.3 Å². The van der Waals surface area contributed by atoms with Gasteiger partial charge in [-0.2, -0.15) is 0 Å². The highest BCUT2D eigenvalue weighted by molar-refractivity contribution is 7.14. The van der Waals surface area contributed by atoms with E-state index in [1.165, 1.54) is 11.3 Å². The molecule has 0 saturated carbocycles. The van der Waals surface area contributed by atoms with Gasteiger partial charge in [-0.1, -0.05) is 0 Å². The average Bonchev–Trinajstić information content (AvgIpc) is 2.77. The normalized spacial score (nSPS) is 10.7. The minimum Gasteiger partial charge on any atom is -0.459 e. The molecule has 1 aromatic rings. The number of hydrogen-bond acceptors (Lipinski definition) is 7. The third-order valence-electron chi connectivity index (χ3n) is 2.42. The second-order valence-electron chi connectivity index (χ2n) is 3.98. The average molecular weight is 303 g/mol. The summed E-state index contributed by atoms with van der Waals surface area (Å²) in [4.78, 5) is 13.1. The van der Waals surface area contributed by atoms with E-state index < -0.39 is 0 Å². The van der Waals surface area contributed by atoms with Gasteiger partial charge in [-0.3, -0.25) is 0 Å². The van der Waals surface area contributed by atoms with E-state index in [1.54, 1.807) is 13.2 Å². The predicted molar refractivity (Wildman–Crippen MR) is 77.3 cm³/mol. The van der Waals surface area contributed by atoms with Gasteiger partial charge in [-0.05, 0) is 13.0 Å².